The van der Waals surface area contributed by atoms with Gasteiger partial charge in [-0.3, -0.25) is 9.98 Å². The molecule has 0 amide bonds. The van der Waals surface area contributed by atoms with Crippen LogP contribution >= 0.6 is 0 Å². The highest BCUT2D eigenvalue weighted by Crippen LogP contribution is 2.23. The first-order chi connectivity index (χ1) is 17.1. The number of nitrogens with one attached hydrogen (secondary N) is 3. The van der Waals surface area contributed by atoms with Crippen LogP contribution in [0.3, 0.4) is 0 Å². The first-order valence-electron chi connectivity index (χ1n) is 11.6. The van der Waals surface area contributed by atoms with E-state index < -0.39 is 5.69 Å². The maximum Gasteiger partial charge on any atom is 0.326 e. The molecule has 6 rings (SSSR count). The minimum atomic E-state index is -0.488. The molecular formula is C23H25N9O3. The lowest BCUT2D eigenvalue weighted by Crippen LogP contribution is -2.37. The average Bonchev–Trinajstić information content (AvgIpc) is 3.51. The van der Waals surface area contributed by atoms with Gasteiger partial charge in [-0.25, -0.2) is 14.8 Å². The highest BCUT2D eigenvalue weighted by atomic mass is 16.5. The zero-order valence-corrected chi connectivity index (χ0v) is 18.9. The van der Waals surface area contributed by atoms with E-state index in [0.29, 0.717) is 48.0 Å². The summed E-state index contributed by atoms with van der Waals surface area (Å²) >= 11 is 0. The van der Waals surface area contributed by atoms with E-state index in [1.54, 1.807) is 23.0 Å². The number of imidazole rings is 1. The van der Waals surface area contributed by atoms with Crippen molar-refractivity contribution in [3.8, 4) is 5.88 Å². The zero-order valence-electron chi connectivity index (χ0n) is 18.9. The highest BCUT2D eigenvalue weighted by Gasteiger charge is 2.20. The second-order valence-corrected chi connectivity index (χ2v) is 8.62. The van der Waals surface area contributed by atoms with Gasteiger partial charge in [0.25, 0.3) is 0 Å². The second kappa shape index (κ2) is 8.87. The molecule has 0 aromatic carbocycles. The molecule has 4 N–H and O–H groups in total. The largest absolute Gasteiger partial charge is 0.493 e. The Balaban J connectivity index is 1.37. The summed E-state index contributed by atoms with van der Waals surface area (Å²) in [6, 6.07) is 6.17. The molecule has 12 nitrogen and oxygen atoms in total. The van der Waals surface area contributed by atoms with Gasteiger partial charge in [0.1, 0.15) is 17.3 Å². The van der Waals surface area contributed by atoms with Crippen molar-refractivity contribution >= 4 is 23.4 Å². The molecule has 0 radical (unpaired) electrons. The van der Waals surface area contributed by atoms with Gasteiger partial charge in [-0.15, -0.1) is 0 Å². The van der Waals surface area contributed by atoms with Crippen LogP contribution in [0.1, 0.15) is 24.1 Å². The predicted octanol–water partition coefficient (Wildman–Crippen LogP) is -0.0942. The summed E-state index contributed by atoms with van der Waals surface area (Å²) in [7, 11) is 0. The molecule has 1 saturated carbocycles. The Kier molecular flexibility index (Phi) is 5.41. The van der Waals surface area contributed by atoms with E-state index in [1.807, 2.05) is 12.1 Å². The summed E-state index contributed by atoms with van der Waals surface area (Å²) in [4.78, 5) is 32.8. The Morgan fingerprint density at radius 1 is 1.29 bits per heavy atom. The molecule has 2 aliphatic rings. The molecule has 0 bridgehead atoms. The lowest BCUT2D eigenvalue weighted by atomic mass is 10.2. The lowest BCUT2D eigenvalue weighted by Gasteiger charge is -2.29. The minimum absolute atomic E-state index is 0.237. The molecule has 35 heavy (non-hydrogen) atoms. The van der Waals surface area contributed by atoms with E-state index in [4.69, 9.17) is 14.7 Å². The number of hydrogen-bond donors (Lipinski definition) is 4. The molecular weight excluding hydrogens is 450 g/mol. The summed E-state index contributed by atoms with van der Waals surface area (Å²) in [5, 5.41) is 18.5. The van der Waals surface area contributed by atoms with Gasteiger partial charge >= 0.3 is 5.69 Å². The van der Waals surface area contributed by atoms with E-state index in [2.05, 4.69) is 36.3 Å². The zero-order chi connectivity index (χ0) is 23.8. The smallest absolute Gasteiger partial charge is 0.326 e. The number of pyridine rings is 1. The van der Waals surface area contributed by atoms with Crippen molar-refractivity contribution in [3.05, 3.63) is 63.0 Å². The normalized spacial score (nSPS) is 17.4. The van der Waals surface area contributed by atoms with E-state index >= 15 is 0 Å². The fourth-order valence-electron chi connectivity index (χ4n) is 4.10. The van der Waals surface area contributed by atoms with Gasteiger partial charge in [0.2, 0.25) is 5.88 Å². The number of aromatic amines is 2. The first-order valence-corrected chi connectivity index (χ1v) is 11.6. The molecule has 0 unspecified atom stereocenters. The van der Waals surface area contributed by atoms with Crippen molar-refractivity contribution in [2.75, 3.05) is 36.5 Å². The van der Waals surface area contributed by atoms with Crippen molar-refractivity contribution in [2.24, 2.45) is 4.99 Å². The van der Waals surface area contributed by atoms with Gasteiger partial charge in [-0.1, -0.05) is 6.07 Å². The number of aromatic hydroxyl groups is 1. The monoisotopic (exact) mass is 475 g/mol. The second-order valence-electron chi connectivity index (χ2n) is 8.62. The van der Waals surface area contributed by atoms with Crippen LogP contribution < -0.4 is 26.6 Å². The Labute approximate surface area is 199 Å². The first kappa shape index (κ1) is 21.4. The summed E-state index contributed by atoms with van der Waals surface area (Å²) in [6.07, 6.45) is 7.19. The van der Waals surface area contributed by atoms with Crippen LogP contribution in [0, 0.1) is 0 Å². The maximum atomic E-state index is 11.5. The lowest BCUT2D eigenvalue weighted by molar-refractivity contribution is 0.122. The Bertz CT molecular complexity index is 1540. The third-order valence-corrected chi connectivity index (χ3v) is 6.02. The average molecular weight is 476 g/mol. The van der Waals surface area contributed by atoms with E-state index in [-0.39, 0.29) is 11.6 Å². The molecule has 4 aromatic rings. The van der Waals surface area contributed by atoms with Crippen LogP contribution in [-0.4, -0.2) is 67.0 Å². The van der Waals surface area contributed by atoms with Crippen molar-refractivity contribution in [1.29, 1.82) is 0 Å². The number of aromatic nitrogens is 6. The number of H-pyrrole nitrogens is 2. The summed E-state index contributed by atoms with van der Waals surface area (Å²) < 4.78 is 7.16. The van der Waals surface area contributed by atoms with Crippen molar-refractivity contribution in [3.63, 3.8) is 0 Å². The number of ether oxygens (including phenoxy) is 1. The van der Waals surface area contributed by atoms with Crippen LogP contribution in [0.2, 0.25) is 0 Å². The number of nitrogens with zero attached hydrogens (tertiary/aromatic N) is 6. The molecule has 180 valence electrons. The third-order valence-electron chi connectivity index (χ3n) is 6.02. The van der Waals surface area contributed by atoms with E-state index in [9.17, 15) is 9.90 Å². The van der Waals surface area contributed by atoms with Crippen LogP contribution in [0.25, 0.3) is 11.7 Å². The number of morpholine rings is 1. The highest BCUT2D eigenvalue weighted by molar-refractivity contribution is 5.58. The summed E-state index contributed by atoms with van der Waals surface area (Å²) in [6.45, 7) is 3.53. The third kappa shape index (κ3) is 4.47. The van der Waals surface area contributed by atoms with Gasteiger partial charge in [0, 0.05) is 42.7 Å². The van der Waals surface area contributed by atoms with Crippen LogP contribution in [0.15, 0.2) is 40.4 Å². The van der Waals surface area contributed by atoms with Crippen LogP contribution in [0.4, 0.5) is 11.6 Å². The quantitative estimate of drug-likeness (QED) is 0.302. The fraction of sp³-hybridized carbons (Fsp3) is 0.348. The molecule has 12 heteroatoms. The molecule has 5 heterocycles. The summed E-state index contributed by atoms with van der Waals surface area (Å²) in [5.74, 6) is 1.35. The molecule has 1 aliphatic heterocycles. The predicted molar refractivity (Wildman–Crippen MR) is 128 cm³/mol. The molecule has 1 saturated heterocycles. The number of rotatable bonds is 6. The number of anilines is 2. The number of hydrogen-bond acceptors (Lipinski definition) is 9. The van der Waals surface area contributed by atoms with Crippen LogP contribution in [-0.2, 0) is 11.3 Å². The van der Waals surface area contributed by atoms with E-state index in [0.717, 1.165) is 37.3 Å². The molecule has 0 spiro atoms. The van der Waals surface area contributed by atoms with E-state index in [1.165, 1.54) is 0 Å². The fourth-order valence-corrected chi connectivity index (χ4v) is 4.10. The van der Waals surface area contributed by atoms with Gasteiger partial charge in [0.05, 0.1) is 25.5 Å². The molecule has 1 aliphatic carbocycles. The number of fused-ring (bicyclic) bond motifs is 1. The van der Waals surface area contributed by atoms with Gasteiger partial charge in [-0.05, 0) is 25.0 Å². The molecule has 0 atom stereocenters. The SMILES string of the molecule is O=c1[nH]c(O)c(C=c2cnn3c(=NC4CC4)cc(NCc4cccnc4N4CCOCC4)nc23)[nH]1. The van der Waals surface area contributed by atoms with Crippen molar-refractivity contribution < 1.29 is 9.84 Å². The van der Waals surface area contributed by atoms with Gasteiger partial charge in [0.15, 0.2) is 11.1 Å². The minimum Gasteiger partial charge on any atom is -0.493 e. The molecule has 2 fully saturated rings. The van der Waals surface area contributed by atoms with Gasteiger partial charge < -0.3 is 25.0 Å². The van der Waals surface area contributed by atoms with Crippen molar-refractivity contribution in [2.45, 2.75) is 25.4 Å². The Morgan fingerprint density at radius 3 is 2.91 bits per heavy atom. The van der Waals surface area contributed by atoms with Crippen LogP contribution in [0.5, 0.6) is 5.88 Å². The van der Waals surface area contributed by atoms with Gasteiger partial charge in [-0.2, -0.15) is 9.61 Å². The van der Waals surface area contributed by atoms with Crippen molar-refractivity contribution in [1.82, 2.24) is 29.5 Å². The summed E-state index contributed by atoms with van der Waals surface area (Å²) in [5.41, 5.74) is 2.10. The Morgan fingerprint density at radius 2 is 2.14 bits per heavy atom. The Hall–Kier alpha value is -4.19. The standard InChI is InChI=1S/C23H25N9O3/c33-22-17(28-23(34)30-22)10-15-13-26-32-19(27-16-3-4-16)11-18(29-21(15)32)25-12-14-2-1-5-24-20(14)31-6-8-35-9-7-31/h1-2,5,10-11,13,16,25,33H,3-4,6-9,12H2,(H2,28,30,34). The topological polar surface area (TPSA) is 149 Å². The maximum absolute atomic E-state index is 11.5. The molecule has 4 aromatic heterocycles.